The molecule has 0 saturated carbocycles. The molecule has 2 heterocycles. The van der Waals surface area contributed by atoms with Crippen molar-refractivity contribution in [3.05, 3.63) is 35.4 Å². The van der Waals surface area contributed by atoms with Crippen LogP contribution in [0.3, 0.4) is 0 Å². The smallest absolute Gasteiger partial charge is 0.236 e. The number of amidine groups is 1. The number of carbonyl (C=O) groups excluding carboxylic acids is 1. The van der Waals surface area contributed by atoms with E-state index in [1.807, 2.05) is 6.07 Å². The first-order chi connectivity index (χ1) is 10.8. The Morgan fingerprint density at radius 1 is 1.23 bits per heavy atom. The fourth-order valence-corrected chi connectivity index (χ4v) is 3.32. The van der Waals surface area contributed by atoms with Crippen molar-refractivity contribution in [2.24, 2.45) is 10.2 Å². The van der Waals surface area contributed by atoms with Gasteiger partial charge in [-0.05, 0) is 37.1 Å². The molecular weight excluding hydrogens is 296 g/mol. The summed E-state index contributed by atoms with van der Waals surface area (Å²) in [4.78, 5) is 13.6. The lowest BCUT2D eigenvalue weighted by atomic mass is 10.1. The quantitative estimate of drug-likeness (QED) is 0.684. The second-order valence-electron chi connectivity index (χ2n) is 5.52. The molecule has 2 fully saturated rings. The summed E-state index contributed by atoms with van der Waals surface area (Å²) >= 11 is 1.39. The number of carbonyl (C=O) groups is 1. The van der Waals surface area contributed by atoms with Crippen molar-refractivity contribution in [3.8, 4) is 0 Å². The Morgan fingerprint density at radius 2 is 2.05 bits per heavy atom. The van der Waals surface area contributed by atoms with Crippen LogP contribution in [0.4, 0.5) is 0 Å². The minimum Gasteiger partial charge on any atom is -0.303 e. The highest BCUT2D eigenvalue weighted by Gasteiger charge is 2.16. The largest absolute Gasteiger partial charge is 0.303 e. The lowest BCUT2D eigenvalue weighted by molar-refractivity contribution is -0.116. The molecule has 1 aromatic rings. The zero-order valence-electron chi connectivity index (χ0n) is 12.5. The molecule has 0 unspecified atom stereocenters. The predicted molar refractivity (Wildman–Crippen MR) is 91.2 cm³/mol. The molecule has 1 aromatic carbocycles. The number of amides is 1. The second-order valence-corrected chi connectivity index (χ2v) is 6.49. The van der Waals surface area contributed by atoms with Crippen LogP contribution in [-0.2, 0) is 11.3 Å². The van der Waals surface area contributed by atoms with E-state index in [2.05, 4.69) is 38.6 Å². The van der Waals surface area contributed by atoms with E-state index in [-0.39, 0.29) is 5.91 Å². The van der Waals surface area contributed by atoms with Crippen molar-refractivity contribution in [1.29, 1.82) is 0 Å². The second kappa shape index (κ2) is 7.56. The molecule has 116 valence electrons. The third-order valence-corrected chi connectivity index (χ3v) is 4.69. The minimum absolute atomic E-state index is 0.00977. The molecule has 2 saturated heterocycles. The van der Waals surface area contributed by atoms with Gasteiger partial charge < -0.3 is 5.32 Å². The molecular formula is C16H20N4OS. The molecule has 6 heteroatoms. The number of nitrogens with zero attached hydrogens (tertiary/aromatic N) is 3. The van der Waals surface area contributed by atoms with Gasteiger partial charge in [-0.15, -0.1) is 5.10 Å². The van der Waals surface area contributed by atoms with Crippen molar-refractivity contribution in [2.45, 2.75) is 25.8 Å². The normalized spacial score (nSPS) is 21.6. The van der Waals surface area contributed by atoms with Crippen LogP contribution in [0, 0.1) is 0 Å². The van der Waals surface area contributed by atoms with Gasteiger partial charge in [0.25, 0.3) is 0 Å². The third kappa shape index (κ3) is 4.18. The molecule has 0 radical (unpaired) electrons. The number of likely N-dealkylation sites (tertiary alicyclic amines) is 1. The first kappa shape index (κ1) is 15.2. The van der Waals surface area contributed by atoms with E-state index in [9.17, 15) is 4.79 Å². The van der Waals surface area contributed by atoms with Crippen LogP contribution in [0.25, 0.3) is 0 Å². The molecule has 0 aliphatic carbocycles. The van der Waals surface area contributed by atoms with Crippen molar-refractivity contribution in [1.82, 2.24) is 10.2 Å². The van der Waals surface area contributed by atoms with E-state index < -0.39 is 0 Å². The number of thioether (sulfide) groups is 1. The summed E-state index contributed by atoms with van der Waals surface area (Å²) in [6.45, 7) is 3.32. The fraction of sp³-hybridized carbons (Fsp3) is 0.438. The van der Waals surface area contributed by atoms with Gasteiger partial charge in [0.15, 0.2) is 5.17 Å². The summed E-state index contributed by atoms with van der Waals surface area (Å²) in [6.07, 6.45) is 5.71. The average molecular weight is 316 g/mol. The molecule has 1 N–H and O–H groups in total. The van der Waals surface area contributed by atoms with E-state index in [1.165, 1.54) is 49.7 Å². The molecule has 0 atom stereocenters. The Morgan fingerprint density at radius 3 is 2.82 bits per heavy atom. The van der Waals surface area contributed by atoms with E-state index in [1.54, 1.807) is 6.21 Å². The molecule has 0 aromatic heterocycles. The van der Waals surface area contributed by atoms with Crippen molar-refractivity contribution in [3.63, 3.8) is 0 Å². The molecule has 0 spiro atoms. The summed E-state index contributed by atoms with van der Waals surface area (Å²) in [5.74, 6) is 0.421. The molecule has 22 heavy (non-hydrogen) atoms. The zero-order valence-corrected chi connectivity index (χ0v) is 13.3. The zero-order chi connectivity index (χ0) is 15.2. The van der Waals surface area contributed by atoms with Crippen molar-refractivity contribution in [2.75, 3.05) is 18.8 Å². The molecule has 3 rings (SSSR count). The highest BCUT2D eigenvalue weighted by Crippen LogP contribution is 2.15. The van der Waals surface area contributed by atoms with E-state index in [0.717, 1.165) is 12.1 Å². The topological polar surface area (TPSA) is 57.1 Å². The number of hydrogen-bond donors (Lipinski definition) is 1. The van der Waals surface area contributed by atoms with Gasteiger partial charge in [0.2, 0.25) is 5.91 Å². The molecule has 1 amide bonds. The van der Waals surface area contributed by atoms with Crippen molar-refractivity contribution >= 4 is 29.1 Å². The lowest BCUT2D eigenvalue weighted by Gasteiger charge is -2.26. The van der Waals surface area contributed by atoms with Gasteiger partial charge in [0.05, 0.1) is 12.0 Å². The number of hydrogen-bond acceptors (Lipinski definition) is 5. The van der Waals surface area contributed by atoms with Crippen LogP contribution in [0.1, 0.15) is 30.4 Å². The third-order valence-electron chi connectivity index (χ3n) is 3.83. The SMILES string of the molecule is O=C1CSC(=NN=Cc2ccccc2CN2CCCCC2)N1. The van der Waals surface area contributed by atoms with Crippen LogP contribution in [0.5, 0.6) is 0 Å². The van der Waals surface area contributed by atoms with Gasteiger partial charge >= 0.3 is 0 Å². The number of rotatable bonds is 4. The Kier molecular flexibility index (Phi) is 5.24. The van der Waals surface area contributed by atoms with Crippen LogP contribution < -0.4 is 5.32 Å². The summed E-state index contributed by atoms with van der Waals surface area (Å²) in [6, 6.07) is 8.29. The van der Waals surface area contributed by atoms with Gasteiger partial charge in [0, 0.05) is 6.54 Å². The van der Waals surface area contributed by atoms with E-state index >= 15 is 0 Å². The van der Waals surface area contributed by atoms with Crippen molar-refractivity contribution < 1.29 is 4.79 Å². The van der Waals surface area contributed by atoms with Crippen LogP contribution >= 0.6 is 11.8 Å². The summed E-state index contributed by atoms with van der Waals surface area (Å²) < 4.78 is 0. The predicted octanol–water partition coefficient (Wildman–Crippen LogP) is 2.23. The van der Waals surface area contributed by atoms with Gasteiger partial charge in [-0.2, -0.15) is 5.10 Å². The number of nitrogens with one attached hydrogen (secondary N) is 1. The van der Waals surface area contributed by atoms with Crippen LogP contribution in [0.2, 0.25) is 0 Å². The van der Waals surface area contributed by atoms with E-state index in [4.69, 9.17) is 0 Å². The van der Waals surface area contributed by atoms with Crippen LogP contribution in [0.15, 0.2) is 34.5 Å². The first-order valence-corrected chi connectivity index (χ1v) is 8.64. The maximum absolute atomic E-state index is 11.1. The maximum Gasteiger partial charge on any atom is 0.236 e. The van der Waals surface area contributed by atoms with Gasteiger partial charge in [-0.1, -0.05) is 42.4 Å². The molecule has 2 aliphatic rings. The Hall–Kier alpha value is -1.66. The lowest BCUT2D eigenvalue weighted by Crippen LogP contribution is -2.29. The summed E-state index contributed by atoms with van der Waals surface area (Å²) in [7, 11) is 0. The summed E-state index contributed by atoms with van der Waals surface area (Å²) in [5.41, 5.74) is 2.36. The summed E-state index contributed by atoms with van der Waals surface area (Å²) in [5, 5.41) is 11.4. The Labute approximate surface area is 134 Å². The standard InChI is InChI=1S/C16H20N4OS/c21-15-12-22-16(18-15)19-17-10-13-6-2-3-7-14(13)11-20-8-4-1-5-9-20/h2-3,6-7,10H,1,4-5,8-9,11-12H2,(H,18,19,21). The Bertz CT molecular complexity index is 594. The highest BCUT2D eigenvalue weighted by molar-refractivity contribution is 8.15. The molecule has 0 bridgehead atoms. The van der Waals surface area contributed by atoms with Crippen LogP contribution in [-0.4, -0.2) is 41.0 Å². The molecule has 2 aliphatic heterocycles. The molecule has 5 nitrogen and oxygen atoms in total. The highest BCUT2D eigenvalue weighted by atomic mass is 32.2. The Balaban J connectivity index is 1.66. The number of benzene rings is 1. The van der Waals surface area contributed by atoms with Gasteiger partial charge in [-0.25, -0.2) is 0 Å². The maximum atomic E-state index is 11.1. The number of piperidine rings is 1. The van der Waals surface area contributed by atoms with E-state index in [0.29, 0.717) is 10.9 Å². The first-order valence-electron chi connectivity index (χ1n) is 7.65. The average Bonchev–Trinajstić information content (AvgIpc) is 2.95. The fourth-order valence-electron chi connectivity index (χ4n) is 2.69. The monoisotopic (exact) mass is 316 g/mol. The minimum atomic E-state index is -0.00977. The van der Waals surface area contributed by atoms with Gasteiger partial charge in [-0.3, -0.25) is 9.69 Å². The van der Waals surface area contributed by atoms with Gasteiger partial charge in [0.1, 0.15) is 0 Å².